The van der Waals surface area contributed by atoms with Crippen LogP contribution >= 0.6 is 12.4 Å². The number of hydrogen-bond donors (Lipinski definition) is 2. The van der Waals surface area contributed by atoms with Gasteiger partial charge >= 0.3 is 0 Å². The van der Waals surface area contributed by atoms with E-state index in [4.69, 9.17) is 10.5 Å². The van der Waals surface area contributed by atoms with Gasteiger partial charge in [0, 0.05) is 6.54 Å². The third-order valence-corrected chi connectivity index (χ3v) is 3.38. The van der Waals surface area contributed by atoms with E-state index >= 15 is 0 Å². The second-order valence-corrected chi connectivity index (χ2v) is 5.31. The van der Waals surface area contributed by atoms with E-state index in [0.717, 1.165) is 12.0 Å². The van der Waals surface area contributed by atoms with Crippen molar-refractivity contribution in [2.45, 2.75) is 32.4 Å². The van der Waals surface area contributed by atoms with E-state index in [1.807, 2.05) is 19.1 Å². The fraction of sp³-hybridized carbons (Fsp3) is 0.278. The van der Waals surface area contributed by atoms with E-state index in [1.54, 1.807) is 24.3 Å². The third kappa shape index (κ3) is 6.18. The number of halogens is 2. The Morgan fingerprint density at radius 1 is 1.12 bits per heavy atom. The predicted molar refractivity (Wildman–Crippen MR) is 94.9 cm³/mol. The number of carbonyl (C=O) groups is 1. The maximum atomic E-state index is 12.8. The zero-order valence-electron chi connectivity index (χ0n) is 13.5. The quantitative estimate of drug-likeness (QED) is 0.797. The lowest BCUT2D eigenvalue weighted by Gasteiger charge is -2.11. The molecular weight excluding hydrogens is 331 g/mol. The average molecular weight is 353 g/mol. The lowest BCUT2D eigenvalue weighted by atomic mass is 10.1. The fourth-order valence-electron chi connectivity index (χ4n) is 2.08. The summed E-state index contributed by atoms with van der Waals surface area (Å²) in [7, 11) is 0. The van der Waals surface area contributed by atoms with E-state index in [0.29, 0.717) is 24.5 Å². The highest BCUT2D eigenvalue weighted by Gasteiger charge is 2.11. The second kappa shape index (κ2) is 9.90. The van der Waals surface area contributed by atoms with Crippen molar-refractivity contribution in [1.29, 1.82) is 0 Å². The molecule has 0 heterocycles. The summed E-state index contributed by atoms with van der Waals surface area (Å²) >= 11 is 0. The van der Waals surface area contributed by atoms with Crippen LogP contribution in [0, 0.1) is 5.82 Å². The predicted octanol–water partition coefficient (Wildman–Crippen LogP) is 3.78. The van der Waals surface area contributed by atoms with Crippen LogP contribution in [0.15, 0.2) is 48.5 Å². The summed E-state index contributed by atoms with van der Waals surface area (Å²) in [4.78, 5) is 11.8. The van der Waals surface area contributed by atoms with Gasteiger partial charge in [0.15, 0.2) is 0 Å². The highest BCUT2D eigenvalue weighted by atomic mass is 35.5. The third-order valence-electron chi connectivity index (χ3n) is 3.38. The standard InChI is InChI=1S/C18H21FN2O2.ClH/c1-2-3-17(20)18(22)21-12-13-4-8-15(9-5-13)23-16-10-6-14(19)7-11-16;/h4-11,17H,2-3,12,20H2,1H3,(H,21,22);1H. The SMILES string of the molecule is CCCC(N)C(=O)NCc1ccc(Oc2ccc(F)cc2)cc1.Cl. The van der Waals surface area contributed by atoms with Crippen molar-refractivity contribution in [3.8, 4) is 11.5 Å². The molecule has 0 bridgehead atoms. The molecule has 24 heavy (non-hydrogen) atoms. The summed E-state index contributed by atoms with van der Waals surface area (Å²) in [6.45, 7) is 2.42. The van der Waals surface area contributed by atoms with Gasteiger partial charge in [-0.2, -0.15) is 0 Å². The van der Waals surface area contributed by atoms with Crippen LogP contribution in [0.2, 0.25) is 0 Å². The molecule has 130 valence electrons. The van der Waals surface area contributed by atoms with Crippen LogP contribution in [-0.2, 0) is 11.3 Å². The van der Waals surface area contributed by atoms with Crippen molar-refractivity contribution < 1.29 is 13.9 Å². The minimum absolute atomic E-state index is 0. The van der Waals surface area contributed by atoms with E-state index in [-0.39, 0.29) is 24.1 Å². The lowest BCUT2D eigenvalue weighted by molar-refractivity contribution is -0.122. The van der Waals surface area contributed by atoms with Gasteiger partial charge in [-0.15, -0.1) is 12.4 Å². The molecule has 0 aliphatic rings. The van der Waals surface area contributed by atoms with Crippen molar-refractivity contribution in [3.63, 3.8) is 0 Å². The molecule has 6 heteroatoms. The van der Waals surface area contributed by atoms with Crippen LogP contribution in [-0.4, -0.2) is 11.9 Å². The molecular formula is C18H22ClFN2O2. The maximum absolute atomic E-state index is 12.8. The molecule has 2 aromatic carbocycles. The van der Waals surface area contributed by atoms with Gasteiger partial charge in [0.1, 0.15) is 17.3 Å². The van der Waals surface area contributed by atoms with Gasteiger partial charge in [0.25, 0.3) is 0 Å². The molecule has 0 aliphatic heterocycles. The molecule has 3 N–H and O–H groups in total. The Morgan fingerprint density at radius 2 is 1.67 bits per heavy atom. The number of rotatable bonds is 7. The number of hydrogen-bond acceptors (Lipinski definition) is 3. The minimum Gasteiger partial charge on any atom is -0.457 e. The maximum Gasteiger partial charge on any atom is 0.237 e. The highest BCUT2D eigenvalue weighted by Crippen LogP contribution is 2.21. The van der Waals surface area contributed by atoms with Crippen molar-refractivity contribution in [3.05, 3.63) is 59.9 Å². The van der Waals surface area contributed by atoms with E-state index in [1.165, 1.54) is 12.1 Å². The Morgan fingerprint density at radius 3 is 2.21 bits per heavy atom. The first-order chi connectivity index (χ1) is 11.1. The van der Waals surface area contributed by atoms with Crippen molar-refractivity contribution in [2.24, 2.45) is 5.73 Å². The summed E-state index contributed by atoms with van der Waals surface area (Å²) in [5.41, 5.74) is 6.71. The van der Waals surface area contributed by atoms with Crippen LogP contribution in [0.5, 0.6) is 11.5 Å². The Balaban J connectivity index is 0.00000288. The number of nitrogens with one attached hydrogen (secondary N) is 1. The van der Waals surface area contributed by atoms with Crippen LogP contribution in [0.3, 0.4) is 0 Å². The molecule has 1 amide bonds. The molecule has 4 nitrogen and oxygen atoms in total. The molecule has 0 saturated heterocycles. The Hall–Kier alpha value is -2.11. The molecule has 1 atom stereocenters. The monoisotopic (exact) mass is 352 g/mol. The van der Waals surface area contributed by atoms with Gasteiger partial charge in [-0.05, 0) is 48.4 Å². The number of amides is 1. The first kappa shape index (κ1) is 19.9. The topological polar surface area (TPSA) is 64.4 Å². The molecule has 0 radical (unpaired) electrons. The molecule has 0 aromatic heterocycles. The van der Waals surface area contributed by atoms with Crippen LogP contribution in [0.1, 0.15) is 25.3 Å². The molecule has 0 fully saturated rings. The largest absolute Gasteiger partial charge is 0.457 e. The van der Waals surface area contributed by atoms with E-state index in [9.17, 15) is 9.18 Å². The summed E-state index contributed by atoms with van der Waals surface area (Å²) in [6.07, 6.45) is 1.56. The van der Waals surface area contributed by atoms with Crippen molar-refractivity contribution >= 4 is 18.3 Å². The normalized spacial score (nSPS) is 11.3. The first-order valence-electron chi connectivity index (χ1n) is 7.64. The molecule has 0 spiro atoms. The van der Waals surface area contributed by atoms with Gasteiger partial charge in [0.05, 0.1) is 6.04 Å². The second-order valence-electron chi connectivity index (χ2n) is 5.31. The molecule has 2 aromatic rings. The van der Waals surface area contributed by atoms with Crippen molar-refractivity contribution in [1.82, 2.24) is 5.32 Å². The molecule has 1 unspecified atom stereocenters. The number of carbonyl (C=O) groups excluding carboxylic acids is 1. The number of nitrogens with two attached hydrogens (primary N) is 1. The molecule has 2 rings (SSSR count). The van der Waals surface area contributed by atoms with E-state index < -0.39 is 6.04 Å². The van der Waals surface area contributed by atoms with Gasteiger partial charge in [-0.3, -0.25) is 4.79 Å². The number of ether oxygens (including phenoxy) is 1. The smallest absolute Gasteiger partial charge is 0.237 e. The molecule has 0 aliphatic carbocycles. The zero-order chi connectivity index (χ0) is 16.7. The van der Waals surface area contributed by atoms with Gasteiger partial charge in [0.2, 0.25) is 5.91 Å². The summed E-state index contributed by atoms with van der Waals surface area (Å²) in [5, 5.41) is 2.81. The zero-order valence-corrected chi connectivity index (χ0v) is 14.3. The molecule has 0 saturated carbocycles. The van der Waals surface area contributed by atoms with Gasteiger partial charge in [-0.1, -0.05) is 25.5 Å². The fourth-order valence-corrected chi connectivity index (χ4v) is 2.08. The Kier molecular flexibility index (Phi) is 8.22. The van der Waals surface area contributed by atoms with Gasteiger partial charge < -0.3 is 15.8 Å². The Labute approximate surface area is 147 Å². The first-order valence-corrected chi connectivity index (χ1v) is 7.64. The van der Waals surface area contributed by atoms with Crippen LogP contribution < -0.4 is 15.8 Å². The van der Waals surface area contributed by atoms with Crippen LogP contribution in [0.25, 0.3) is 0 Å². The Bertz CT molecular complexity index is 632. The summed E-state index contributed by atoms with van der Waals surface area (Å²) < 4.78 is 18.4. The summed E-state index contributed by atoms with van der Waals surface area (Å²) in [6, 6.07) is 12.7. The van der Waals surface area contributed by atoms with Crippen LogP contribution in [0.4, 0.5) is 4.39 Å². The van der Waals surface area contributed by atoms with E-state index in [2.05, 4.69) is 5.32 Å². The summed E-state index contributed by atoms with van der Waals surface area (Å²) in [5.74, 6) is 0.774. The van der Waals surface area contributed by atoms with Gasteiger partial charge in [-0.25, -0.2) is 4.39 Å². The minimum atomic E-state index is -0.457. The highest BCUT2D eigenvalue weighted by molar-refractivity contribution is 5.85. The van der Waals surface area contributed by atoms with Crippen molar-refractivity contribution in [2.75, 3.05) is 0 Å². The average Bonchev–Trinajstić information content (AvgIpc) is 2.56. The lowest BCUT2D eigenvalue weighted by Crippen LogP contribution is -2.40. The number of benzene rings is 2.